The van der Waals surface area contributed by atoms with Crippen molar-refractivity contribution in [3.8, 4) is 11.5 Å². The van der Waals surface area contributed by atoms with E-state index in [4.69, 9.17) is 9.47 Å². The summed E-state index contributed by atoms with van der Waals surface area (Å²) in [5.74, 6) is 0.770. The van der Waals surface area contributed by atoms with Crippen LogP contribution in [0.1, 0.15) is 29.8 Å². The first kappa shape index (κ1) is 19.3. The highest BCUT2D eigenvalue weighted by Gasteiger charge is 2.11. The lowest BCUT2D eigenvalue weighted by molar-refractivity contribution is -0.118. The van der Waals surface area contributed by atoms with Gasteiger partial charge in [-0.2, -0.15) is 0 Å². The van der Waals surface area contributed by atoms with Gasteiger partial charge in [0.25, 0.3) is 5.91 Å². The normalized spacial score (nSPS) is 10.3. The zero-order chi connectivity index (χ0) is 19.1. The van der Waals surface area contributed by atoms with Gasteiger partial charge < -0.3 is 20.1 Å². The van der Waals surface area contributed by atoms with Crippen molar-refractivity contribution in [1.29, 1.82) is 0 Å². The minimum atomic E-state index is -0.205. The fourth-order valence-electron chi connectivity index (χ4n) is 2.25. The molecule has 0 unspecified atom stereocenters. The average Bonchev–Trinajstić information content (AvgIpc) is 2.66. The minimum Gasteiger partial charge on any atom is -0.493 e. The predicted octanol–water partition coefficient (Wildman–Crippen LogP) is 3.23. The second kappa shape index (κ2) is 8.89. The van der Waals surface area contributed by atoms with Crippen LogP contribution in [0.2, 0.25) is 0 Å². The Morgan fingerprint density at radius 1 is 0.962 bits per heavy atom. The van der Waals surface area contributed by atoms with Crippen LogP contribution >= 0.6 is 0 Å². The summed E-state index contributed by atoms with van der Waals surface area (Å²) < 4.78 is 10.4. The summed E-state index contributed by atoms with van der Waals surface area (Å²) in [5, 5.41) is 5.69. The number of amides is 2. The lowest BCUT2D eigenvalue weighted by Gasteiger charge is -2.11. The van der Waals surface area contributed by atoms with Gasteiger partial charge in [-0.25, -0.2) is 0 Å². The Bertz CT molecular complexity index is 770. The molecule has 0 aliphatic carbocycles. The molecule has 0 saturated heterocycles. The molecular weight excluding hydrogens is 332 g/mol. The second-order valence-corrected chi connectivity index (χ2v) is 6.09. The fraction of sp³-hybridized carbons (Fsp3) is 0.300. The lowest BCUT2D eigenvalue weighted by Crippen LogP contribution is -2.23. The van der Waals surface area contributed by atoms with Crippen LogP contribution in [-0.2, 0) is 11.3 Å². The molecule has 6 nitrogen and oxygen atoms in total. The van der Waals surface area contributed by atoms with Crippen LogP contribution in [0.15, 0.2) is 42.5 Å². The molecule has 2 rings (SSSR count). The molecule has 0 radical (unpaired) electrons. The molecule has 0 saturated carbocycles. The Labute approximate surface area is 153 Å². The molecule has 2 amide bonds. The van der Waals surface area contributed by atoms with Crippen LogP contribution < -0.4 is 20.1 Å². The number of ether oxygens (including phenoxy) is 2. The number of anilines is 1. The molecule has 2 aromatic rings. The van der Waals surface area contributed by atoms with Crippen molar-refractivity contribution in [3.63, 3.8) is 0 Å². The number of carbonyl (C=O) groups is 2. The van der Waals surface area contributed by atoms with Crippen LogP contribution in [0.3, 0.4) is 0 Å². The lowest BCUT2D eigenvalue weighted by atomic mass is 10.1. The van der Waals surface area contributed by atoms with Crippen molar-refractivity contribution in [2.45, 2.75) is 20.4 Å². The smallest absolute Gasteiger partial charge is 0.251 e. The number of benzene rings is 2. The molecular formula is C20H24N2O4. The third-order valence-corrected chi connectivity index (χ3v) is 3.84. The van der Waals surface area contributed by atoms with Crippen molar-refractivity contribution >= 4 is 17.5 Å². The standard InChI is InChI=1S/C20H24N2O4/c1-13(2)19(23)22-16-8-5-14(6-9-16)12-21-20(24)15-7-10-17(25-3)18(11-15)26-4/h5-11,13H,12H2,1-4H3,(H,21,24)(H,22,23). The van der Waals surface area contributed by atoms with E-state index < -0.39 is 0 Å². The van der Waals surface area contributed by atoms with E-state index in [2.05, 4.69) is 10.6 Å². The van der Waals surface area contributed by atoms with Crippen molar-refractivity contribution in [2.75, 3.05) is 19.5 Å². The van der Waals surface area contributed by atoms with E-state index in [1.165, 1.54) is 7.11 Å². The van der Waals surface area contributed by atoms with E-state index in [1.807, 2.05) is 38.1 Å². The SMILES string of the molecule is COc1ccc(C(=O)NCc2ccc(NC(=O)C(C)C)cc2)cc1OC. The summed E-state index contributed by atoms with van der Waals surface area (Å²) in [4.78, 5) is 24.0. The van der Waals surface area contributed by atoms with Gasteiger partial charge in [-0.1, -0.05) is 26.0 Å². The maximum absolute atomic E-state index is 12.3. The third-order valence-electron chi connectivity index (χ3n) is 3.84. The topological polar surface area (TPSA) is 76.7 Å². The number of hydrogen-bond acceptors (Lipinski definition) is 4. The quantitative estimate of drug-likeness (QED) is 0.798. The summed E-state index contributed by atoms with van der Waals surface area (Å²) in [6.07, 6.45) is 0. The first-order valence-corrected chi connectivity index (χ1v) is 8.34. The molecule has 0 aliphatic rings. The Morgan fingerprint density at radius 2 is 1.62 bits per heavy atom. The molecule has 2 N–H and O–H groups in total. The van der Waals surface area contributed by atoms with Gasteiger partial charge in [0.15, 0.2) is 11.5 Å². The van der Waals surface area contributed by atoms with E-state index >= 15 is 0 Å². The van der Waals surface area contributed by atoms with Gasteiger partial charge in [0, 0.05) is 23.7 Å². The van der Waals surface area contributed by atoms with E-state index in [9.17, 15) is 9.59 Å². The van der Waals surface area contributed by atoms with Crippen LogP contribution in [0.4, 0.5) is 5.69 Å². The number of carbonyl (C=O) groups excluding carboxylic acids is 2. The molecule has 0 atom stereocenters. The number of hydrogen-bond donors (Lipinski definition) is 2. The van der Waals surface area contributed by atoms with Gasteiger partial charge in [0.2, 0.25) is 5.91 Å². The molecule has 0 aromatic heterocycles. The summed E-state index contributed by atoms with van der Waals surface area (Å²) >= 11 is 0. The van der Waals surface area contributed by atoms with Crippen molar-refractivity contribution in [3.05, 3.63) is 53.6 Å². The molecule has 0 spiro atoms. The molecule has 6 heteroatoms. The largest absolute Gasteiger partial charge is 0.493 e. The third kappa shape index (κ3) is 4.99. The highest BCUT2D eigenvalue weighted by Crippen LogP contribution is 2.27. The zero-order valence-corrected chi connectivity index (χ0v) is 15.5. The fourth-order valence-corrected chi connectivity index (χ4v) is 2.25. The van der Waals surface area contributed by atoms with Gasteiger partial charge in [0.05, 0.1) is 14.2 Å². The zero-order valence-electron chi connectivity index (χ0n) is 15.5. The highest BCUT2D eigenvalue weighted by molar-refractivity contribution is 5.95. The summed E-state index contributed by atoms with van der Waals surface area (Å²) in [5.41, 5.74) is 2.16. The molecule has 138 valence electrons. The minimum absolute atomic E-state index is 0.0282. The Morgan fingerprint density at radius 3 is 2.19 bits per heavy atom. The molecule has 2 aromatic carbocycles. The molecule has 0 fully saturated rings. The summed E-state index contributed by atoms with van der Waals surface area (Å²) in [6.45, 7) is 4.06. The second-order valence-electron chi connectivity index (χ2n) is 6.09. The predicted molar refractivity (Wildman–Crippen MR) is 101 cm³/mol. The van der Waals surface area contributed by atoms with Crippen molar-refractivity contribution in [1.82, 2.24) is 5.32 Å². The Balaban J connectivity index is 1.96. The molecule has 26 heavy (non-hydrogen) atoms. The van der Waals surface area contributed by atoms with Gasteiger partial charge in [-0.05, 0) is 35.9 Å². The van der Waals surface area contributed by atoms with E-state index in [0.717, 1.165) is 11.3 Å². The highest BCUT2D eigenvalue weighted by atomic mass is 16.5. The summed E-state index contributed by atoms with van der Waals surface area (Å²) in [7, 11) is 3.07. The average molecular weight is 356 g/mol. The number of rotatable bonds is 7. The van der Waals surface area contributed by atoms with Crippen molar-refractivity contribution in [2.24, 2.45) is 5.92 Å². The number of nitrogens with one attached hydrogen (secondary N) is 2. The first-order chi connectivity index (χ1) is 12.4. The van der Waals surface area contributed by atoms with Crippen LogP contribution in [0, 0.1) is 5.92 Å². The van der Waals surface area contributed by atoms with Gasteiger partial charge in [-0.15, -0.1) is 0 Å². The molecule has 0 heterocycles. The van der Waals surface area contributed by atoms with Gasteiger partial charge >= 0.3 is 0 Å². The monoisotopic (exact) mass is 356 g/mol. The van der Waals surface area contributed by atoms with E-state index in [-0.39, 0.29) is 17.7 Å². The molecule has 0 aliphatic heterocycles. The Hall–Kier alpha value is -3.02. The summed E-state index contributed by atoms with van der Waals surface area (Å²) in [6, 6.07) is 12.4. The van der Waals surface area contributed by atoms with E-state index in [1.54, 1.807) is 25.3 Å². The Kier molecular flexibility index (Phi) is 6.60. The maximum Gasteiger partial charge on any atom is 0.251 e. The first-order valence-electron chi connectivity index (χ1n) is 8.34. The van der Waals surface area contributed by atoms with Crippen LogP contribution in [0.25, 0.3) is 0 Å². The van der Waals surface area contributed by atoms with Crippen LogP contribution in [-0.4, -0.2) is 26.0 Å². The van der Waals surface area contributed by atoms with Crippen LogP contribution in [0.5, 0.6) is 11.5 Å². The maximum atomic E-state index is 12.3. The van der Waals surface area contributed by atoms with Gasteiger partial charge in [-0.3, -0.25) is 9.59 Å². The van der Waals surface area contributed by atoms with Gasteiger partial charge in [0.1, 0.15) is 0 Å². The van der Waals surface area contributed by atoms with Crippen molar-refractivity contribution < 1.29 is 19.1 Å². The number of methoxy groups -OCH3 is 2. The molecule has 0 bridgehead atoms. The van der Waals surface area contributed by atoms with E-state index in [0.29, 0.717) is 23.6 Å².